The molecule has 1 fully saturated rings. The van der Waals surface area contributed by atoms with Crippen molar-refractivity contribution in [2.45, 2.75) is 6.92 Å². The Hall–Kier alpha value is -3.68. The molecule has 1 aliphatic heterocycles. The van der Waals surface area contributed by atoms with Crippen LogP contribution in [-0.2, 0) is 0 Å². The Morgan fingerprint density at radius 1 is 1.07 bits per heavy atom. The highest BCUT2D eigenvalue weighted by Crippen LogP contribution is 2.24. The average molecular weight is 405 g/mol. The number of piperazine rings is 1. The van der Waals surface area contributed by atoms with Crippen LogP contribution in [0.15, 0.2) is 59.8 Å². The number of ether oxygens (including phenoxy) is 1. The van der Waals surface area contributed by atoms with Crippen molar-refractivity contribution in [1.82, 2.24) is 19.9 Å². The molecule has 1 N–H and O–H groups in total. The number of rotatable bonds is 5. The number of hydrogen-bond donors (Lipinski definition) is 1. The molecule has 1 aromatic carbocycles. The SMILES string of the molecule is CCOc1ccc(-c2cc(N3CCN(C(=O)c4ccc(=O)[nH]c4)CC3)ncn2)cc1. The van der Waals surface area contributed by atoms with Crippen LogP contribution in [-0.4, -0.2) is 58.5 Å². The fourth-order valence-corrected chi connectivity index (χ4v) is 3.43. The molecule has 0 atom stereocenters. The molecule has 3 heterocycles. The zero-order valence-electron chi connectivity index (χ0n) is 16.7. The van der Waals surface area contributed by atoms with Gasteiger partial charge in [-0.3, -0.25) is 9.59 Å². The van der Waals surface area contributed by atoms with Gasteiger partial charge in [-0.25, -0.2) is 9.97 Å². The third-order valence-corrected chi connectivity index (χ3v) is 5.04. The van der Waals surface area contributed by atoms with E-state index in [9.17, 15) is 9.59 Å². The minimum Gasteiger partial charge on any atom is -0.494 e. The molecule has 2 aromatic heterocycles. The molecule has 154 valence electrons. The number of carbonyl (C=O) groups excluding carboxylic acids is 1. The third-order valence-electron chi connectivity index (χ3n) is 5.04. The van der Waals surface area contributed by atoms with E-state index in [1.54, 1.807) is 17.3 Å². The predicted molar refractivity (Wildman–Crippen MR) is 114 cm³/mol. The van der Waals surface area contributed by atoms with E-state index in [1.807, 2.05) is 37.3 Å². The van der Waals surface area contributed by atoms with Crippen molar-refractivity contribution in [2.24, 2.45) is 0 Å². The maximum Gasteiger partial charge on any atom is 0.255 e. The number of nitrogens with one attached hydrogen (secondary N) is 1. The number of benzene rings is 1. The molecule has 4 rings (SSSR count). The third kappa shape index (κ3) is 4.32. The normalized spacial score (nSPS) is 13.9. The number of amides is 1. The predicted octanol–water partition coefficient (Wildman–Crippen LogP) is 2.19. The summed E-state index contributed by atoms with van der Waals surface area (Å²) in [6.07, 6.45) is 3.03. The first-order chi connectivity index (χ1) is 14.6. The van der Waals surface area contributed by atoms with Gasteiger partial charge >= 0.3 is 0 Å². The second-order valence-corrected chi connectivity index (χ2v) is 6.94. The van der Waals surface area contributed by atoms with Gasteiger partial charge in [0.25, 0.3) is 5.91 Å². The molecule has 0 unspecified atom stereocenters. The van der Waals surface area contributed by atoms with Gasteiger partial charge in [0.05, 0.1) is 17.9 Å². The van der Waals surface area contributed by atoms with Crippen molar-refractivity contribution in [2.75, 3.05) is 37.7 Å². The average Bonchev–Trinajstić information content (AvgIpc) is 2.80. The van der Waals surface area contributed by atoms with Gasteiger partial charge in [0, 0.05) is 50.1 Å². The van der Waals surface area contributed by atoms with Crippen molar-refractivity contribution in [1.29, 1.82) is 0 Å². The molecule has 0 spiro atoms. The fraction of sp³-hybridized carbons (Fsp3) is 0.273. The van der Waals surface area contributed by atoms with Gasteiger partial charge in [0.1, 0.15) is 17.9 Å². The van der Waals surface area contributed by atoms with Crippen molar-refractivity contribution in [3.05, 3.63) is 70.9 Å². The van der Waals surface area contributed by atoms with Crippen LogP contribution in [0.4, 0.5) is 5.82 Å². The monoisotopic (exact) mass is 405 g/mol. The van der Waals surface area contributed by atoms with E-state index in [4.69, 9.17) is 4.74 Å². The molecular formula is C22H23N5O3. The summed E-state index contributed by atoms with van der Waals surface area (Å²) in [6.45, 7) is 5.11. The van der Waals surface area contributed by atoms with Gasteiger partial charge in [-0.2, -0.15) is 0 Å². The van der Waals surface area contributed by atoms with Gasteiger partial charge in [-0.05, 0) is 37.3 Å². The minimum absolute atomic E-state index is 0.0799. The molecule has 0 aliphatic carbocycles. The van der Waals surface area contributed by atoms with Crippen molar-refractivity contribution in [3.63, 3.8) is 0 Å². The van der Waals surface area contributed by atoms with Gasteiger partial charge < -0.3 is 19.5 Å². The Bertz CT molecular complexity index is 1050. The van der Waals surface area contributed by atoms with E-state index in [0.29, 0.717) is 38.3 Å². The summed E-state index contributed by atoms with van der Waals surface area (Å²) < 4.78 is 5.49. The highest BCUT2D eigenvalue weighted by Gasteiger charge is 2.23. The van der Waals surface area contributed by atoms with Crippen molar-refractivity contribution < 1.29 is 9.53 Å². The number of nitrogens with zero attached hydrogens (tertiary/aromatic N) is 4. The summed E-state index contributed by atoms with van der Waals surface area (Å²) in [5.74, 6) is 1.59. The second-order valence-electron chi connectivity index (χ2n) is 6.94. The Morgan fingerprint density at radius 2 is 1.83 bits per heavy atom. The Balaban J connectivity index is 1.42. The first kappa shape index (κ1) is 19.6. The molecule has 3 aromatic rings. The molecule has 0 saturated carbocycles. The molecular weight excluding hydrogens is 382 g/mol. The second kappa shape index (κ2) is 8.77. The lowest BCUT2D eigenvalue weighted by atomic mass is 10.1. The standard InChI is InChI=1S/C22H23N5O3/c1-2-30-18-6-3-16(4-7-18)19-13-20(25-15-24-19)26-9-11-27(12-10-26)22(29)17-5-8-21(28)23-14-17/h3-8,13-15H,2,9-12H2,1H3,(H,23,28). The summed E-state index contributed by atoms with van der Waals surface area (Å²) >= 11 is 0. The van der Waals surface area contributed by atoms with Gasteiger partial charge in [-0.1, -0.05) is 0 Å². The zero-order valence-corrected chi connectivity index (χ0v) is 16.7. The summed E-state index contributed by atoms with van der Waals surface area (Å²) in [7, 11) is 0. The smallest absolute Gasteiger partial charge is 0.255 e. The van der Waals surface area contributed by atoms with Crippen LogP contribution in [0.2, 0.25) is 0 Å². The van der Waals surface area contributed by atoms with Crippen LogP contribution < -0.4 is 15.2 Å². The first-order valence-corrected chi connectivity index (χ1v) is 9.92. The van der Waals surface area contributed by atoms with Crippen LogP contribution in [0.1, 0.15) is 17.3 Å². The number of aromatic amines is 1. The highest BCUT2D eigenvalue weighted by atomic mass is 16.5. The lowest BCUT2D eigenvalue weighted by Gasteiger charge is -2.35. The first-order valence-electron chi connectivity index (χ1n) is 9.92. The number of anilines is 1. The maximum atomic E-state index is 12.6. The van der Waals surface area contributed by atoms with Crippen LogP contribution >= 0.6 is 0 Å². The van der Waals surface area contributed by atoms with E-state index in [1.165, 1.54) is 12.3 Å². The highest BCUT2D eigenvalue weighted by molar-refractivity contribution is 5.94. The Labute approximate surface area is 174 Å². The molecule has 8 nitrogen and oxygen atoms in total. The number of hydrogen-bond acceptors (Lipinski definition) is 6. The molecule has 0 radical (unpaired) electrons. The van der Waals surface area contributed by atoms with E-state index >= 15 is 0 Å². The Morgan fingerprint density at radius 3 is 2.50 bits per heavy atom. The topological polar surface area (TPSA) is 91.4 Å². The number of H-pyrrole nitrogens is 1. The van der Waals surface area contributed by atoms with Crippen molar-refractivity contribution >= 4 is 11.7 Å². The number of pyridine rings is 1. The van der Waals surface area contributed by atoms with Crippen LogP contribution in [0.5, 0.6) is 5.75 Å². The summed E-state index contributed by atoms with van der Waals surface area (Å²) in [5, 5.41) is 0. The van der Waals surface area contributed by atoms with Gasteiger partial charge in [-0.15, -0.1) is 0 Å². The zero-order chi connectivity index (χ0) is 20.9. The van der Waals surface area contributed by atoms with E-state index < -0.39 is 0 Å². The fourth-order valence-electron chi connectivity index (χ4n) is 3.43. The van der Waals surface area contributed by atoms with Gasteiger partial charge in [0.2, 0.25) is 5.56 Å². The molecule has 1 aliphatic rings. The summed E-state index contributed by atoms with van der Waals surface area (Å²) in [5.41, 5.74) is 2.11. The largest absolute Gasteiger partial charge is 0.494 e. The van der Waals surface area contributed by atoms with E-state index in [-0.39, 0.29) is 11.5 Å². The molecule has 1 amide bonds. The van der Waals surface area contributed by atoms with Crippen molar-refractivity contribution in [3.8, 4) is 17.0 Å². The molecule has 30 heavy (non-hydrogen) atoms. The van der Waals surface area contributed by atoms with E-state index in [2.05, 4.69) is 19.9 Å². The maximum absolute atomic E-state index is 12.6. The Kier molecular flexibility index (Phi) is 5.74. The molecule has 8 heteroatoms. The lowest BCUT2D eigenvalue weighted by molar-refractivity contribution is 0.0746. The molecule has 0 bridgehead atoms. The number of aromatic nitrogens is 3. The van der Waals surface area contributed by atoms with Crippen LogP contribution in [0, 0.1) is 0 Å². The lowest BCUT2D eigenvalue weighted by Crippen LogP contribution is -2.49. The summed E-state index contributed by atoms with van der Waals surface area (Å²) in [6, 6.07) is 12.7. The van der Waals surface area contributed by atoms with Gasteiger partial charge in [0.15, 0.2) is 0 Å². The van der Waals surface area contributed by atoms with E-state index in [0.717, 1.165) is 22.8 Å². The minimum atomic E-state index is -0.219. The quantitative estimate of drug-likeness (QED) is 0.700. The number of carbonyl (C=O) groups is 1. The molecule has 1 saturated heterocycles. The van der Waals surface area contributed by atoms with Crippen LogP contribution in [0.3, 0.4) is 0 Å². The summed E-state index contributed by atoms with van der Waals surface area (Å²) in [4.78, 5) is 39.1. The van der Waals surface area contributed by atoms with Crippen LogP contribution in [0.25, 0.3) is 11.3 Å².